The van der Waals surface area contributed by atoms with E-state index in [1.165, 1.54) is 19.2 Å². The van der Waals surface area contributed by atoms with Crippen LogP contribution in [0.2, 0.25) is 0 Å². The van der Waals surface area contributed by atoms with E-state index >= 15 is 0 Å². The summed E-state index contributed by atoms with van der Waals surface area (Å²) in [6.07, 6.45) is 1.23. The van der Waals surface area contributed by atoms with Crippen LogP contribution in [0.4, 0.5) is 14.5 Å². The minimum absolute atomic E-state index is 0.0570. The lowest BCUT2D eigenvalue weighted by Gasteiger charge is -2.32. The summed E-state index contributed by atoms with van der Waals surface area (Å²) in [5, 5.41) is 0. The Morgan fingerprint density at radius 3 is 2.33 bits per heavy atom. The maximum Gasteiger partial charge on any atom is 0.500 e. The summed E-state index contributed by atoms with van der Waals surface area (Å²) >= 11 is 0. The quantitative estimate of drug-likeness (QED) is 0.695. The van der Waals surface area contributed by atoms with Gasteiger partial charge >= 0.3 is 7.12 Å². The summed E-state index contributed by atoms with van der Waals surface area (Å²) in [6, 6.07) is 4.33. The predicted octanol–water partition coefficient (Wildman–Crippen LogP) is 3.21. The number of hydrogen-bond donors (Lipinski definition) is 1. The zero-order valence-electron chi connectivity index (χ0n) is 17.3. The van der Waals surface area contributed by atoms with Gasteiger partial charge in [0.05, 0.1) is 28.8 Å². The Morgan fingerprint density at radius 1 is 1.13 bits per heavy atom. The number of anilines is 1. The van der Waals surface area contributed by atoms with E-state index in [4.69, 9.17) is 14.0 Å². The lowest BCUT2D eigenvalue weighted by molar-refractivity contribution is 0.00578. The second-order valence-electron chi connectivity index (χ2n) is 7.89. The van der Waals surface area contributed by atoms with Crippen LogP contribution in [0.1, 0.15) is 34.6 Å². The Hall–Kier alpha value is -2.24. The van der Waals surface area contributed by atoms with Gasteiger partial charge in [-0.05, 0) is 52.8 Å². The average molecular weight is 440 g/mol. The van der Waals surface area contributed by atoms with Crippen LogP contribution in [0.5, 0.6) is 11.6 Å². The van der Waals surface area contributed by atoms with E-state index in [-0.39, 0.29) is 28.5 Å². The molecule has 1 saturated heterocycles. The summed E-state index contributed by atoms with van der Waals surface area (Å²) in [6.45, 7) is 8.91. The molecule has 1 fully saturated rings. The maximum atomic E-state index is 14.1. The Balaban J connectivity index is 2.03. The summed E-state index contributed by atoms with van der Waals surface area (Å²) in [7, 11) is -4.51. The molecule has 11 heteroatoms. The number of pyridine rings is 1. The highest BCUT2D eigenvalue weighted by Crippen LogP contribution is 2.37. The summed E-state index contributed by atoms with van der Waals surface area (Å²) in [5.41, 5.74) is -0.938. The summed E-state index contributed by atoms with van der Waals surface area (Å²) in [4.78, 5) is 4.13. The number of halogens is 2. The van der Waals surface area contributed by atoms with Crippen molar-refractivity contribution in [3.05, 3.63) is 42.1 Å². The molecule has 1 aromatic heterocycles. The molecule has 0 atom stereocenters. The lowest BCUT2D eigenvalue weighted by Crippen LogP contribution is -2.41. The van der Waals surface area contributed by atoms with Crippen molar-refractivity contribution < 1.29 is 31.2 Å². The largest absolute Gasteiger partial charge is 0.500 e. The maximum absolute atomic E-state index is 14.1. The fraction of sp³-hybridized carbons (Fsp3) is 0.421. The highest BCUT2D eigenvalue weighted by molar-refractivity contribution is 7.92. The molecule has 30 heavy (non-hydrogen) atoms. The number of rotatable bonds is 6. The minimum atomic E-state index is -3.56. The second-order valence-corrected chi connectivity index (χ2v) is 9.90. The van der Waals surface area contributed by atoms with Crippen molar-refractivity contribution >= 4 is 28.3 Å². The number of nitrogens with one attached hydrogen (secondary N) is 1. The molecule has 2 aromatic rings. The number of sulfonamides is 1. The van der Waals surface area contributed by atoms with Crippen LogP contribution in [0, 0.1) is 11.6 Å². The molecule has 0 saturated carbocycles. The monoisotopic (exact) mass is 440 g/mol. The van der Waals surface area contributed by atoms with Gasteiger partial charge in [-0.3, -0.25) is 4.72 Å². The van der Waals surface area contributed by atoms with E-state index in [0.29, 0.717) is 6.07 Å². The van der Waals surface area contributed by atoms with E-state index in [2.05, 4.69) is 9.71 Å². The Labute approximate surface area is 174 Å². The molecule has 0 spiro atoms. The van der Waals surface area contributed by atoms with Gasteiger partial charge < -0.3 is 14.0 Å². The first-order valence-corrected chi connectivity index (χ1v) is 11.0. The van der Waals surface area contributed by atoms with E-state index in [9.17, 15) is 17.2 Å². The lowest BCUT2D eigenvalue weighted by atomic mass is 9.79. The van der Waals surface area contributed by atoms with Gasteiger partial charge in [0.1, 0.15) is 5.82 Å². The van der Waals surface area contributed by atoms with E-state index in [0.717, 1.165) is 12.1 Å². The standard InChI is InChI=1S/C19H23BF2N2O5S/c1-6-30(25,26)24-13-10-14(20-28-18(2,3)19(4,5)29-20)17(23-11-13)27-16-8-7-12(21)9-15(16)22/h7-11,24H,6H2,1-5H3. The second kappa shape index (κ2) is 7.79. The third kappa shape index (κ3) is 4.58. The third-order valence-corrected chi connectivity index (χ3v) is 6.45. The van der Waals surface area contributed by atoms with Gasteiger partial charge in [-0.2, -0.15) is 0 Å². The molecule has 0 amide bonds. The molecular formula is C19H23BF2N2O5S. The molecule has 0 unspecified atom stereocenters. The zero-order chi connectivity index (χ0) is 22.3. The summed E-state index contributed by atoms with van der Waals surface area (Å²) < 4.78 is 71.2. The fourth-order valence-corrected chi connectivity index (χ4v) is 3.28. The van der Waals surface area contributed by atoms with Crippen molar-refractivity contribution in [2.24, 2.45) is 0 Å². The van der Waals surface area contributed by atoms with Crippen LogP contribution < -0.4 is 14.9 Å². The first-order chi connectivity index (χ1) is 13.8. The van der Waals surface area contributed by atoms with Crippen LogP contribution in [0.3, 0.4) is 0 Å². The smallest absolute Gasteiger partial charge is 0.436 e. The number of nitrogens with zero attached hydrogens (tertiary/aromatic N) is 1. The minimum Gasteiger partial charge on any atom is -0.436 e. The van der Waals surface area contributed by atoms with E-state index < -0.39 is 40.0 Å². The first-order valence-electron chi connectivity index (χ1n) is 9.32. The molecular weight excluding hydrogens is 417 g/mol. The van der Waals surface area contributed by atoms with Gasteiger partial charge in [-0.25, -0.2) is 22.2 Å². The molecule has 1 aromatic carbocycles. The van der Waals surface area contributed by atoms with Crippen LogP contribution in [-0.4, -0.2) is 37.5 Å². The van der Waals surface area contributed by atoms with Crippen LogP contribution in [-0.2, 0) is 19.3 Å². The van der Waals surface area contributed by atoms with Crippen molar-refractivity contribution in [2.45, 2.75) is 45.8 Å². The van der Waals surface area contributed by atoms with Gasteiger partial charge in [0.15, 0.2) is 11.6 Å². The van der Waals surface area contributed by atoms with Crippen LogP contribution in [0.15, 0.2) is 30.5 Å². The molecule has 162 valence electrons. The molecule has 0 aliphatic carbocycles. The Kier molecular flexibility index (Phi) is 5.83. The number of hydrogen-bond acceptors (Lipinski definition) is 6. The molecule has 2 heterocycles. The zero-order valence-corrected chi connectivity index (χ0v) is 18.1. The number of aromatic nitrogens is 1. The molecule has 1 aliphatic heterocycles. The SMILES string of the molecule is CCS(=O)(=O)Nc1cnc(Oc2ccc(F)cc2F)c(B2OC(C)(C)C(C)(C)O2)c1. The predicted molar refractivity (Wildman–Crippen MR) is 109 cm³/mol. The number of benzene rings is 1. The van der Waals surface area contributed by atoms with Gasteiger partial charge in [0.2, 0.25) is 15.9 Å². The van der Waals surface area contributed by atoms with Crippen molar-refractivity contribution in [1.82, 2.24) is 4.98 Å². The van der Waals surface area contributed by atoms with Gasteiger partial charge in [-0.15, -0.1) is 0 Å². The van der Waals surface area contributed by atoms with E-state index in [1.807, 2.05) is 27.7 Å². The highest BCUT2D eigenvalue weighted by Gasteiger charge is 2.53. The highest BCUT2D eigenvalue weighted by atomic mass is 32.2. The van der Waals surface area contributed by atoms with Crippen molar-refractivity contribution in [2.75, 3.05) is 10.5 Å². The van der Waals surface area contributed by atoms with Crippen molar-refractivity contribution in [3.8, 4) is 11.6 Å². The molecule has 0 radical (unpaired) electrons. The third-order valence-electron chi connectivity index (χ3n) is 5.14. The Bertz CT molecular complexity index is 1050. The van der Waals surface area contributed by atoms with E-state index in [1.54, 1.807) is 0 Å². The van der Waals surface area contributed by atoms with Crippen LogP contribution >= 0.6 is 0 Å². The van der Waals surface area contributed by atoms with Crippen molar-refractivity contribution in [1.29, 1.82) is 0 Å². The average Bonchev–Trinajstić information content (AvgIpc) is 2.85. The molecule has 3 rings (SSSR count). The first kappa shape index (κ1) is 22.5. The molecule has 7 nitrogen and oxygen atoms in total. The molecule has 0 bridgehead atoms. The topological polar surface area (TPSA) is 86.8 Å². The molecule has 1 aliphatic rings. The van der Waals surface area contributed by atoms with Gasteiger partial charge in [-0.1, -0.05) is 0 Å². The summed E-state index contributed by atoms with van der Waals surface area (Å²) in [5.74, 6) is -2.09. The number of ether oxygens (including phenoxy) is 1. The fourth-order valence-electron chi connectivity index (χ4n) is 2.66. The molecule has 1 N–H and O–H groups in total. The van der Waals surface area contributed by atoms with Crippen molar-refractivity contribution in [3.63, 3.8) is 0 Å². The van der Waals surface area contributed by atoms with Gasteiger partial charge in [0.25, 0.3) is 0 Å². The Morgan fingerprint density at radius 2 is 1.77 bits per heavy atom. The normalized spacial score (nSPS) is 17.8. The van der Waals surface area contributed by atoms with Gasteiger partial charge in [0, 0.05) is 11.5 Å². The van der Waals surface area contributed by atoms with Crippen LogP contribution in [0.25, 0.3) is 0 Å².